The van der Waals surface area contributed by atoms with Crippen molar-refractivity contribution in [2.75, 3.05) is 14.1 Å². The van der Waals surface area contributed by atoms with E-state index in [9.17, 15) is 9.59 Å². The van der Waals surface area contributed by atoms with Crippen LogP contribution in [-0.4, -0.2) is 31.1 Å². The van der Waals surface area contributed by atoms with Crippen LogP contribution in [0.25, 0.3) is 0 Å². The average Bonchev–Trinajstić information content (AvgIpc) is 2.62. The molecule has 0 spiro atoms. The zero-order chi connectivity index (χ0) is 21.0. The van der Waals surface area contributed by atoms with E-state index >= 15 is 0 Å². The van der Waals surface area contributed by atoms with Crippen molar-refractivity contribution in [3.05, 3.63) is 53.2 Å². The molecule has 7 heteroatoms. The summed E-state index contributed by atoms with van der Waals surface area (Å²) in [7, 11) is 4.99. The molecule has 0 saturated carbocycles. The molecule has 1 aromatic carbocycles. The highest BCUT2D eigenvalue weighted by molar-refractivity contribution is 5.96. The van der Waals surface area contributed by atoms with Crippen LogP contribution in [-0.2, 0) is 7.05 Å². The topological polar surface area (TPSA) is 59.7 Å². The van der Waals surface area contributed by atoms with E-state index in [1.54, 1.807) is 44.0 Å². The number of benzene rings is 1. The van der Waals surface area contributed by atoms with E-state index in [1.165, 1.54) is 4.90 Å². The number of para-hydroxylation sites is 1. The Labute approximate surface area is 189 Å². The summed E-state index contributed by atoms with van der Waals surface area (Å²) in [5, 5.41) is 0. The second-order valence-electron chi connectivity index (χ2n) is 7.57. The molecule has 0 bridgehead atoms. The first-order valence-electron chi connectivity index (χ1n) is 9.36. The largest absolute Gasteiger partial charge is 1.00 e. The number of halogens is 1. The zero-order valence-electron chi connectivity index (χ0n) is 18.0. The van der Waals surface area contributed by atoms with Crippen molar-refractivity contribution in [2.45, 2.75) is 39.5 Å². The fraction of sp³-hybridized carbons (Fsp3) is 0.409. The molecule has 1 heterocycles. The highest BCUT2D eigenvalue weighted by atomic mass is 127. The first-order chi connectivity index (χ1) is 13.1. The van der Waals surface area contributed by atoms with Crippen LogP contribution in [0.15, 0.2) is 36.5 Å². The summed E-state index contributed by atoms with van der Waals surface area (Å²) in [6, 6.07) is 9.20. The second-order valence-corrected chi connectivity index (χ2v) is 7.57. The Morgan fingerprint density at radius 1 is 0.931 bits per heavy atom. The molecule has 1 aromatic heterocycles. The van der Waals surface area contributed by atoms with Crippen molar-refractivity contribution in [3.63, 3.8) is 0 Å². The number of rotatable bonds is 5. The van der Waals surface area contributed by atoms with Gasteiger partial charge in [-0.1, -0.05) is 45.9 Å². The van der Waals surface area contributed by atoms with Gasteiger partial charge in [0.1, 0.15) is 12.8 Å². The molecular weight excluding hydrogens is 483 g/mol. The maximum Gasteiger partial charge on any atom is 0.523 e. The number of hydrogen-bond acceptors (Lipinski definition) is 4. The molecule has 1 amide bonds. The standard InChI is InChI=1S/C22H29N2O4.HI/c1-14(2)16-10-8-11-17(15(3)4)19(16)27-22(26)28-21-18(20(25)23(5)6)12-9-13-24(21)7;/h8-15H,1-7H3;1H/q+1;/p-1. The Morgan fingerprint density at radius 2 is 1.48 bits per heavy atom. The third-order valence-electron chi connectivity index (χ3n) is 4.45. The molecule has 0 atom stereocenters. The summed E-state index contributed by atoms with van der Waals surface area (Å²) in [6.07, 6.45) is 0.834. The van der Waals surface area contributed by atoms with Crippen LogP contribution in [0.3, 0.4) is 0 Å². The summed E-state index contributed by atoms with van der Waals surface area (Å²) in [6.45, 7) is 8.18. The van der Waals surface area contributed by atoms with Gasteiger partial charge in [0, 0.05) is 20.2 Å². The molecule has 0 saturated heterocycles. The summed E-state index contributed by atoms with van der Waals surface area (Å²) < 4.78 is 12.7. The van der Waals surface area contributed by atoms with E-state index in [1.807, 2.05) is 45.9 Å². The number of pyridine rings is 1. The quantitative estimate of drug-likeness (QED) is 0.260. The van der Waals surface area contributed by atoms with Gasteiger partial charge in [-0.05, 0) is 29.0 Å². The van der Waals surface area contributed by atoms with Crippen LogP contribution in [0.4, 0.5) is 4.79 Å². The fourth-order valence-electron chi connectivity index (χ4n) is 2.91. The normalized spacial score (nSPS) is 10.5. The van der Waals surface area contributed by atoms with E-state index in [2.05, 4.69) is 0 Å². The van der Waals surface area contributed by atoms with E-state index in [0.29, 0.717) is 5.75 Å². The van der Waals surface area contributed by atoms with Gasteiger partial charge in [0.15, 0.2) is 11.8 Å². The predicted molar refractivity (Wildman–Crippen MR) is 107 cm³/mol. The number of aryl methyl sites for hydroxylation is 1. The number of carbonyl (C=O) groups excluding carboxylic acids is 2. The SMILES string of the molecule is CC(C)c1cccc(C(C)C)c1OC(=O)Oc1c(C(=O)N(C)C)ccc[n+]1C.[I-]. The average molecular weight is 512 g/mol. The summed E-state index contributed by atoms with van der Waals surface area (Å²) in [5.41, 5.74) is 2.16. The fourth-order valence-corrected chi connectivity index (χ4v) is 2.91. The molecule has 158 valence electrons. The Kier molecular flexibility index (Phi) is 9.07. The van der Waals surface area contributed by atoms with Crippen LogP contribution in [0.5, 0.6) is 11.6 Å². The molecule has 0 radical (unpaired) electrons. The zero-order valence-corrected chi connectivity index (χ0v) is 20.2. The van der Waals surface area contributed by atoms with Crippen molar-refractivity contribution < 1.29 is 47.6 Å². The van der Waals surface area contributed by atoms with Gasteiger partial charge < -0.3 is 38.4 Å². The molecule has 0 N–H and O–H groups in total. The minimum atomic E-state index is -0.871. The monoisotopic (exact) mass is 512 g/mol. The summed E-state index contributed by atoms with van der Waals surface area (Å²) in [4.78, 5) is 26.5. The number of nitrogens with zero attached hydrogens (tertiary/aromatic N) is 2. The highest BCUT2D eigenvalue weighted by Crippen LogP contribution is 2.34. The van der Waals surface area contributed by atoms with Crippen molar-refractivity contribution in [1.29, 1.82) is 0 Å². The van der Waals surface area contributed by atoms with Crippen LogP contribution in [0.1, 0.15) is 61.0 Å². The lowest BCUT2D eigenvalue weighted by molar-refractivity contribution is -0.675. The van der Waals surface area contributed by atoms with E-state index in [4.69, 9.17) is 9.47 Å². The number of ether oxygens (including phenoxy) is 2. The Morgan fingerprint density at radius 3 is 1.97 bits per heavy atom. The lowest BCUT2D eigenvalue weighted by atomic mass is 9.94. The van der Waals surface area contributed by atoms with Gasteiger partial charge in [-0.25, -0.2) is 4.79 Å². The number of hydrogen-bond donors (Lipinski definition) is 0. The molecule has 0 aliphatic heterocycles. The van der Waals surface area contributed by atoms with Crippen molar-refractivity contribution in [2.24, 2.45) is 7.05 Å². The Bertz CT molecular complexity index is 853. The summed E-state index contributed by atoms with van der Waals surface area (Å²) in [5.74, 6) is 0.765. The minimum Gasteiger partial charge on any atom is -1.00 e. The van der Waals surface area contributed by atoms with Crippen LogP contribution >= 0.6 is 0 Å². The van der Waals surface area contributed by atoms with Crippen molar-refractivity contribution in [3.8, 4) is 11.6 Å². The Hall–Kier alpha value is -2.16. The third-order valence-corrected chi connectivity index (χ3v) is 4.45. The minimum absolute atomic E-state index is 0. The second kappa shape index (κ2) is 10.6. The van der Waals surface area contributed by atoms with Gasteiger partial charge in [0.2, 0.25) is 0 Å². The Balaban J connectivity index is 0.00000420. The highest BCUT2D eigenvalue weighted by Gasteiger charge is 2.27. The van der Waals surface area contributed by atoms with Gasteiger partial charge in [-0.15, -0.1) is 0 Å². The van der Waals surface area contributed by atoms with Crippen LogP contribution in [0, 0.1) is 0 Å². The van der Waals surface area contributed by atoms with Gasteiger partial charge >= 0.3 is 12.0 Å². The number of amides is 1. The number of carbonyl (C=O) groups is 2. The lowest BCUT2D eigenvalue weighted by Crippen LogP contribution is -3.00. The molecule has 0 fully saturated rings. The first kappa shape index (κ1) is 24.9. The van der Waals surface area contributed by atoms with E-state index in [0.717, 1.165) is 11.1 Å². The molecular formula is C22H29IN2O4. The first-order valence-corrected chi connectivity index (χ1v) is 9.36. The molecule has 0 aliphatic carbocycles. The van der Waals surface area contributed by atoms with Crippen LogP contribution in [0.2, 0.25) is 0 Å². The van der Waals surface area contributed by atoms with Crippen molar-refractivity contribution >= 4 is 12.1 Å². The molecule has 29 heavy (non-hydrogen) atoms. The predicted octanol–water partition coefficient (Wildman–Crippen LogP) is 1.04. The number of aromatic nitrogens is 1. The van der Waals surface area contributed by atoms with E-state index in [-0.39, 0.29) is 53.2 Å². The molecule has 6 nitrogen and oxygen atoms in total. The van der Waals surface area contributed by atoms with Gasteiger partial charge in [-0.2, -0.15) is 4.57 Å². The smallest absolute Gasteiger partial charge is 0.523 e. The van der Waals surface area contributed by atoms with E-state index < -0.39 is 6.16 Å². The molecule has 2 rings (SSSR count). The maximum absolute atomic E-state index is 12.6. The van der Waals surface area contributed by atoms with Crippen molar-refractivity contribution in [1.82, 2.24) is 4.90 Å². The lowest BCUT2D eigenvalue weighted by Gasteiger charge is -2.18. The van der Waals surface area contributed by atoms with Gasteiger partial charge in [-0.3, -0.25) is 4.79 Å². The molecule has 0 aliphatic rings. The molecule has 0 unspecified atom stereocenters. The third kappa shape index (κ3) is 5.91. The summed E-state index contributed by atoms with van der Waals surface area (Å²) >= 11 is 0. The van der Waals surface area contributed by atoms with Gasteiger partial charge in [0.25, 0.3) is 5.91 Å². The van der Waals surface area contributed by atoms with Gasteiger partial charge in [0.05, 0.1) is 0 Å². The molecule has 2 aromatic rings. The maximum atomic E-state index is 12.6. The van der Waals surface area contributed by atoms with Crippen LogP contribution < -0.4 is 38.0 Å².